The van der Waals surface area contributed by atoms with Crippen LogP contribution in [-0.2, 0) is 11.3 Å². The van der Waals surface area contributed by atoms with E-state index < -0.39 is 0 Å². The van der Waals surface area contributed by atoms with E-state index in [2.05, 4.69) is 5.10 Å². The molecular weight excluding hydrogens is 234 g/mol. The Labute approximate surface area is 106 Å². The molecule has 1 rings (SSSR count). The van der Waals surface area contributed by atoms with E-state index >= 15 is 0 Å². The van der Waals surface area contributed by atoms with Crippen molar-refractivity contribution in [2.24, 2.45) is 0 Å². The topological polar surface area (TPSA) is 84.5 Å². The van der Waals surface area contributed by atoms with Gasteiger partial charge in [0, 0.05) is 27.7 Å². The zero-order valence-corrected chi connectivity index (χ0v) is 11.2. The first kappa shape index (κ1) is 14.0. The average Bonchev–Trinajstić information content (AvgIpc) is 2.68. The van der Waals surface area contributed by atoms with Gasteiger partial charge in [-0.1, -0.05) is 0 Å². The number of nitrogen functional groups attached to an aromatic ring is 1. The highest BCUT2D eigenvalue weighted by Gasteiger charge is 2.21. The van der Waals surface area contributed by atoms with Crippen LogP contribution in [0.1, 0.15) is 17.4 Å². The Morgan fingerprint density at radius 2 is 2.00 bits per heavy atom. The smallest absolute Gasteiger partial charge is 0.274 e. The number of anilines is 1. The fourth-order valence-electron chi connectivity index (χ4n) is 1.47. The Morgan fingerprint density at radius 3 is 2.50 bits per heavy atom. The van der Waals surface area contributed by atoms with Gasteiger partial charge < -0.3 is 15.5 Å². The van der Waals surface area contributed by atoms with Crippen molar-refractivity contribution in [2.75, 3.05) is 33.4 Å². The zero-order chi connectivity index (χ0) is 13.9. The van der Waals surface area contributed by atoms with E-state index in [0.29, 0.717) is 17.9 Å². The summed E-state index contributed by atoms with van der Waals surface area (Å²) in [5.74, 6) is -0.450. The van der Waals surface area contributed by atoms with Gasteiger partial charge in [0.15, 0.2) is 0 Å². The van der Waals surface area contributed by atoms with Crippen molar-refractivity contribution < 1.29 is 9.59 Å². The third-order valence-corrected chi connectivity index (χ3v) is 2.59. The molecule has 0 aliphatic heterocycles. The van der Waals surface area contributed by atoms with Crippen molar-refractivity contribution in [1.82, 2.24) is 19.6 Å². The second-order valence-corrected chi connectivity index (χ2v) is 4.21. The number of likely N-dealkylation sites (N-methyl/N-ethyl adjacent to an activating group) is 2. The molecule has 1 aromatic rings. The van der Waals surface area contributed by atoms with Gasteiger partial charge in [-0.3, -0.25) is 14.3 Å². The number of carbonyl (C=O) groups is 2. The maximum atomic E-state index is 12.2. The quantitative estimate of drug-likeness (QED) is 0.794. The van der Waals surface area contributed by atoms with Crippen LogP contribution in [0.5, 0.6) is 0 Å². The average molecular weight is 253 g/mol. The van der Waals surface area contributed by atoms with Gasteiger partial charge in [-0.25, -0.2) is 0 Å². The molecule has 0 atom stereocenters. The molecular formula is C11H19N5O2. The molecule has 7 nitrogen and oxygen atoms in total. The largest absolute Gasteiger partial charge is 0.396 e. The van der Waals surface area contributed by atoms with Gasteiger partial charge in [-0.15, -0.1) is 0 Å². The van der Waals surface area contributed by atoms with Crippen molar-refractivity contribution in [3.8, 4) is 0 Å². The Bertz CT molecular complexity index is 452. The summed E-state index contributed by atoms with van der Waals surface area (Å²) in [5, 5.41) is 4.00. The maximum absolute atomic E-state index is 12.2. The molecule has 0 aliphatic carbocycles. The molecule has 0 aromatic carbocycles. The van der Waals surface area contributed by atoms with Crippen LogP contribution in [0.2, 0.25) is 0 Å². The first-order valence-corrected chi connectivity index (χ1v) is 5.65. The number of aromatic nitrogens is 2. The van der Waals surface area contributed by atoms with Gasteiger partial charge in [0.05, 0.1) is 18.4 Å². The molecule has 0 unspecified atom stereocenters. The van der Waals surface area contributed by atoms with Crippen LogP contribution in [0.25, 0.3) is 0 Å². The molecule has 1 heterocycles. The predicted molar refractivity (Wildman–Crippen MR) is 68.0 cm³/mol. The van der Waals surface area contributed by atoms with Crippen LogP contribution in [0.3, 0.4) is 0 Å². The predicted octanol–water partition coefficient (Wildman–Crippen LogP) is -0.355. The molecule has 0 spiro atoms. The number of amides is 2. The van der Waals surface area contributed by atoms with Gasteiger partial charge in [0.2, 0.25) is 5.91 Å². The lowest BCUT2D eigenvalue weighted by Crippen LogP contribution is -2.38. The SMILES string of the molecule is CCn1ncc(N)c1C(=O)N(C)CC(=O)N(C)C. The van der Waals surface area contributed by atoms with Gasteiger partial charge in [0.25, 0.3) is 5.91 Å². The number of nitrogens with two attached hydrogens (primary N) is 1. The molecule has 2 N–H and O–H groups in total. The summed E-state index contributed by atoms with van der Waals surface area (Å²) in [6.45, 7) is 2.43. The lowest BCUT2D eigenvalue weighted by atomic mass is 10.3. The summed E-state index contributed by atoms with van der Waals surface area (Å²) < 4.78 is 1.52. The minimum Gasteiger partial charge on any atom is -0.396 e. The number of hydrogen-bond donors (Lipinski definition) is 1. The molecule has 0 saturated heterocycles. The van der Waals surface area contributed by atoms with Crippen molar-refractivity contribution in [3.05, 3.63) is 11.9 Å². The van der Waals surface area contributed by atoms with E-state index in [1.165, 1.54) is 20.7 Å². The highest BCUT2D eigenvalue weighted by atomic mass is 16.2. The number of carbonyl (C=O) groups excluding carboxylic acids is 2. The fraction of sp³-hybridized carbons (Fsp3) is 0.545. The van der Waals surface area contributed by atoms with Crippen molar-refractivity contribution in [3.63, 3.8) is 0 Å². The minimum absolute atomic E-state index is 0.0141. The monoisotopic (exact) mass is 253 g/mol. The van der Waals surface area contributed by atoms with Gasteiger partial charge >= 0.3 is 0 Å². The van der Waals surface area contributed by atoms with E-state index in [9.17, 15) is 9.59 Å². The first-order valence-electron chi connectivity index (χ1n) is 5.65. The first-order chi connectivity index (χ1) is 8.38. The van der Waals surface area contributed by atoms with Crippen molar-refractivity contribution >= 4 is 17.5 Å². The number of rotatable bonds is 4. The Morgan fingerprint density at radius 1 is 1.39 bits per heavy atom. The van der Waals surface area contributed by atoms with Gasteiger partial charge in [-0.05, 0) is 6.92 Å². The molecule has 7 heteroatoms. The number of hydrogen-bond acceptors (Lipinski definition) is 4. The molecule has 18 heavy (non-hydrogen) atoms. The van der Waals surface area contributed by atoms with Crippen LogP contribution in [-0.4, -0.2) is 59.1 Å². The van der Waals surface area contributed by atoms with Gasteiger partial charge in [0.1, 0.15) is 5.69 Å². The van der Waals surface area contributed by atoms with Crippen molar-refractivity contribution in [2.45, 2.75) is 13.5 Å². The summed E-state index contributed by atoms with van der Waals surface area (Å²) in [5.41, 5.74) is 6.37. The Kier molecular flexibility index (Phi) is 4.30. The molecule has 0 bridgehead atoms. The maximum Gasteiger partial charge on any atom is 0.274 e. The summed E-state index contributed by atoms with van der Waals surface area (Å²) in [6, 6.07) is 0. The summed E-state index contributed by atoms with van der Waals surface area (Å²) in [7, 11) is 4.85. The zero-order valence-electron chi connectivity index (χ0n) is 11.2. The third kappa shape index (κ3) is 2.79. The third-order valence-electron chi connectivity index (χ3n) is 2.59. The van der Waals surface area contributed by atoms with Crippen LogP contribution >= 0.6 is 0 Å². The van der Waals surface area contributed by atoms with Crippen LogP contribution in [0.4, 0.5) is 5.69 Å². The van der Waals surface area contributed by atoms with Crippen LogP contribution in [0, 0.1) is 0 Å². The second-order valence-electron chi connectivity index (χ2n) is 4.21. The molecule has 100 valence electrons. The van der Waals surface area contributed by atoms with Crippen LogP contribution in [0.15, 0.2) is 6.20 Å². The fourth-order valence-corrected chi connectivity index (χ4v) is 1.47. The van der Waals surface area contributed by atoms with Crippen LogP contribution < -0.4 is 5.73 Å². The normalized spacial score (nSPS) is 10.2. The standard InChI is InChI=1S/C11H19N5O2/c1-5-16-10(8(12)6-13-16)11(18)15(4)7-9(17)14(2)3/h6H,5,7,12H2,1-4H3. The summed E-state index contributed by atoms with van der Waals surface area (Å²) in [6.07, 6.45) is 1.44. The molecule has 0 fully saturated rings. The van der Waals surface area contributed by atoms with E-state index in [0.717, 1.165) is 0 Å². The van der Waals surface area contributed by atoms with Gasteiger partial charge in [-0.2, -0.15) is 5.10 Å². The highest BCUT2D eigenvalue weighted by Crippen LogP contribution is 2.13. The number of aryl methyl sites for hydroxylation is 1. The molecule has 0 radical (unpaired) electrons. The lowest BCUT2D eigenvalue weighted by Gasteiger charge is -2.19. The molecule has 0 aliphatic rings. The van der Waals surface area contributed by atoms with Crippen molar-refractivity contribution in [1.29, 1.82) is 0 Å². The molecule has 0 saturated carbocycles. The highest BCUT2D eigenvalue weighted by molar-refractivity contribution is 5.98. The minimum atomic E-state index is -0.304. The van der Waals surface area contributed by atoms with E-state index in [4.69, 9.17) is 5.73 Å². The summed E-state index contributed by atoms with van der Waals surface area (Å²) >= 11 is 0. The molecule has 1 aromatic heterocycles. The number of nitrogens with zero attached hydrogens (tertiary/aromatic N) is 4. The molecule has 2 amide bonds. The summed E-state index contributed by atoms with van der Waals surface area (Å²) in [4.78, 5) is 26.5. The van der Waals surface area contributed by atoms with E-state index in [1.807, 2.05) is 6.92 Å². The van der Waals surface area contributed by atoms with E-state index in [-0.39, 0.29) is 18.4 Å². The Hall–Kier alpha value is -2.05. The second kappa shape index (κ2) is 5.52. The van der Waals surface area contributed by atoms with E-state index in [1.54, 1.807) is 21.1 Å². The lowest BCUT2D eigenvalue weighted by molar-refractivity contribution is -0.129. The Balaban J connectivity index is 2.86.